The molecule has 1 aliphatic rings. The Morgan fingerprint density at radius 2 is 2.04 bits per heavy atom. The van der Waals surface area contributed by atoms with Gasteiger partial charge in [-0.15, -0.1) is 0 Å². The summed E-state index contributed by atoms with van der Waals surface area (Å²) < 4.78 is 14.2. The van der Waals surface area contributed by atoms with E-state index in [2.05, 4.69) is 0 Å². The first kappa shape index (κ1) is 17.4. The number of hydrogen-bond donors (Lipinski definition) is 1. The summed E-state index contributed by atoms with van der Waals surface area (Å²) in [6, 6.07) is 9.64. The van der Waals surface area contributed by atoms with E-state index in [0.29, 0.717) is 29.5 Å². The summed E-state index contributed by atoms with van der Waals surface area (Å²) in [6.45, 7) is 1.60. The summed E-state index contributed by atoms with van der Waals surface area (Å²) in [7, 11) is 0. The Bertz CT molecular complexity index is 853. The van der Waals surface area contributed by atoms with Gasteiger partial charge in [0.1, 0.15) is 12.4 Å². The minimum Gasteiger partial charge on any atom is -0.368 e. The van der Waals surface area contributed by atoms with Gasteiger partial charge < -0.3 is 10.6 Å². The van der Waals surface area contributed by atoms with Crippen LogP contribution in [0, 0.1) is 12.7 Å². The van der Waals surface area contributed by atoms with Crippen LogP contribution < -0.4 is 5.73 Å². The Morgan fingerprint density at radius 3 is 2.72 bits per heavy atom. The number of aryl methyl sites for hydroxylation is 1. The number of nitrogens with zero attached hydrogens (tertiary/aromatic N) is 1. The van der Waals surface area contributed by atoms with Gasteiger partial charge in [-0.05, 0) is 54.7 Å². The molecule has 25 heavy (non-hydrogen) atoms. The molecule has 3 rings (SSSR count). The zero-order valence-corrected chi connectivity index (χ0v) is 14.5. The van der Waals surface area contributed by atoms with E-state index in [9.17, 15) is 14.0 Å². The van der Waals surface area contributed by atoms with Crippen LogP contribution >= 0.6 is 11.6 Å². The molecule has 0 bridgehead atoms. The zero-order chi connectivity index (χ0) is 18.1. The van der Waals surface area contributed by atoms with E-state index in [-0.39, 0.29) is 23.3 Å². The highest BCUT2D eigenvalue weighted by Gasteiger charge is 2.34. The molecule has 2 aromatic carbocycles. The maximum Gasteiger partial charge on any atom is 0.255 e. The first-order valence-electron chi connectivity index (χ1n) is 8.01. The van der Waals surface area contributed by atoms with Gasteiger partial charge in [-0.3, -0.25) is 9.59 Å². The highest BCUT2D eigenvalue weighted by Crippen LogP contribution is 2.39. The molecule has 2 amide bonds. The first-order chi connectivity index (χ1) is 11.9. The molecule has 1 aliphatic carbocycles. The number of halogens is 2. The summed E-state index contributed by atoms with van der Waals surface area (Å²) >= 11 is 5.99. The second-order valence-electron chi connectivity index (χ2n) is 6.22. The molecule has 1 atom stereocenters. The fraction of sp³-hybridized carbons (Fsp3) is 0.263. The van der Waals surface area contributed by atoms with E-state index in [1.165, 1.54) is 11.0 Å². The normalized spacial score (nSPS) is 15.7. The van der Waals surface area contributed by atoms with Gasteiger partial charge in [0, 0.05) is 10.6 Å². The Labute approximate surface area is 150 Å². The molecule has 1 unspecified atom stereocenters. The van der Waals surface area contributed by atoms with Gasteiger partial charge in [-0.25, -0.2) is 4.39 Å². The first-order valence-corrected chi connectivity index (χ1v) is 8.39. The summed E-state index contributed by atoms with van der Waals surface area (Å²) in [4.78, 5) is 26.0. The monoisotopic (exact) mass is 360 g/mol. The van der Waals surface area contributed by atoms with Gasteiger partial charge in [-0.2, -0.15) is 0 Å². The van der Waals surface area contributed by atoms with Crippen molar-refractivity contribution >= 4 is 23.4 Å². The van der Waals surface area contributed by atoms with Crippen molar-refractivity contribution in [3.05, 3.63) is 69.5 Å². The lowest BCUT2D eigenvalue weighted by Crippen LogP contribution is -2.40. The molecule has 0 spiro atoms. The fourth-order valence-corrected chi connectivity index (χ4v) is 3.62. The molecule has 2 aromatic rings. The molecule has 0 heterocycles. The minimum atomic E-state index is -0.613. The molecule has 0 saturated heterocycles. The van der Waals surface area contributed by atoms with Crippen LogP contribution in [0.3, 0.4) is 0 Å². The summed E-state index contributed by atoms with van der Waals surface area (Å²) in [5, 5.41) is 0.269. The van der Waals surface area contributed by atoms with Crippen LogP contribution in [0.25, 0.3) is 0 Å². The smallest absolute Gasteiger partial charge is 0.255 e. The molecule has 0 fully saturated rings. The van der Waals surface area contributed by atoms with Gasteiger partial charge in [-0.1, -0.05) is 29.8 Å². The van der Waals surface area contributed by atoms with Crippen LogP contribution in [0.2, 0.25) is 5.02 Å². The van der Waals surface area contributed by atoms with Crippen molar-refractivity contribution < 1.29 is 14.0 Å². The molecule has 0 aromatic heterocycles. The van der Waals surface area contributed by atoms with E-state index < -0.39 is 11.9 Å². The van der Waals surface area contributed by atoms with E-state index >= 15 is 0 Å². The molecule has 4 nitrogen and oxygen atoms in total. The van der Waals surface area contributed by atoms with Crippen molar-refractivity contribution in [2.45, 2.75) is 25.8 Å². The molecular formula is C19H18ClFN2O2. The summed E-state index contributed by atoms with van der Waals surface area (Å²) in [5.41, 5.74) is 7.85. The fourth-order valence-electron chi connectivity index (χ4n) is 3.40. The number of nitrogens with two attached hydrogens (primary N) is 1. The maximum atomic E-state index is 14.2. The maximum absolute atomic E-state index is 14.2. The van der Waals surface area contributed by atoms with E-state index in [1.54, 1.807) is 18.2 Å². The van der Waals surface area contributed by atoms with Crippen LogP contribution in [0.5, 0.6) is 0 Å². The Balaban J connectivity index is 2.03. The molecule has 2 N–H and O–H groups in total. The summed E-state index contributed by atoms with van der Waals surface area (Å²) in [6.07, 6.45) is 1.01. The lowest BCUT2D eigenvalue weighted by atomic mass is 10.0. The van der Waals surface area contributed by atoms with E-state index in [4.69, 9.17) is 17.3 Å². The second-order valence-corrected chi connectivity index (χ2v) is 6.66. The highest BCUT2D eigenvalue weighted by atomic mass is 35.5. The van der Waals surface area contributed by atoms with Gasteiger partial charge in [0.05, 0.1) is 6.04 Å². The van der Waals surface area contributed by atoms with Gasteiger partial charge in [0.2, 0.25) is 5.91 Å². The number of hydrogen-bond acceptors (Lipinski definition) is 2. The van der Waals surface area contributed by atoms with Crippen LogP contribution in [-0.2, 0) is 11.2 Å². The van der Waals surface area contributed by atoms with Gasteiger partial charge >= 0.3 is 0 Å². The quantitative estimate of drug-likeness (QED) is 0.908. The molecule has 0 aliphatic heterocycles. The Kier molecular flexibility index (Phi) is 4.77. The Morgan fingerprint density at radius 1 is 1.32 bits per heavy atom. The van der Waals surface area contributed by atoms with E-state index in [1.807, 2.05) is 19.1 Å². The molecule has 0 radical (unpaired) electrons. The number of benzene rings is 2. The number of carbonyl (C=O) groups excluding carboxylic acids is 2. The largest absolute Gasteiger partial charge is 0.368 e. The van der Waals surface area contributed by atoms with E-state index in [0.717, 1.165) is 5.56 Å². The van der Waals surface area contributed by atoms with Gasteiger partial charge in [0.25, 0.3) is 5.91 Å². The second kappa shape index (κ2) is 6.84. The standard InChI is InChI=1S/C19H18ClFN2O2/c1-11-4-2-3-5-13(11)19(25)23(10-18(22)24)17-7-6-14-15(17)8-12(20)9-16(14)21/h2-5,8-9,17H,6-7,10H2,1H3,(H2,22,24). The predicted molar refractivity (Wildman–Crippen MR) is 93.9 cm³/mol. The number of fused-ring (bicyclic) bond motifs is 1. The zero-order valence-electron chi connectivity index (χ0n) is 13.8. The van der Waals surface area contributed by atoms with Gasteiger partial charge in [0.15, 0.2) is 0 Å². The third-order valence-corrected chi connectivity index (χ3v) is 4.78. The van der Waals surface area contributed by atoms with Crippen molar-refractivity contribution in [3.8, 4) is 0 Å². The van der Waals surface area contributed by atoms with Crippen molar-refractivity contribution in [2.75, 3.05) is 6.54 Å². The third kappa shape index (κ3) is 3.37. The third-order valence-electron chi connectivity index (χ3n) is 4.56. The van der Waals surface area contributed by atoms with Crippen LogP contribution in [0.15, 0.2) is 36.4 Å². The predicted octanol–water partition coefficient (Wildman–Crippen LogP) is 3.40. The topological polar surface area (TPSA) is 63.4 Å². The molecule has 130 valence electrons. The van der Waals surface area contributed by atoms with Crippen molar-refractivity contribution in [1.82, 2.24) is 4.90 Å². The molecule has 6 heteroatoms. The van der Waals surface area contributed by atoms with Crippen molar-refractivity contribution in [2.24, 2.45) is 5.73 Å². The number of amides is 2. The number of primary amides is 1. The highest BCUT2D eigenvalue weighted by molar-refractivity contribution is 6.30. The molecule has 0 saturated carbocycles. The average molecular weight is 361 g/mol. The van der Waals surface area contributed by atoms with Crippen LogP contribution in [0.4, 0.5) is 4.39 Å². The number of carbonyl (C=O) groups is 2. The lowest BCUT2D eigenvalue weighted by molar-refractivity contribution is -0.119. The minimum absolute atomic E-state index is 0.231. The van der Waals surface area contributed by atoms with Crippen molar-refractivity contribution in [1.29, 1.82) is 0 Å². The SMILES string of the molecule is Cc1ccccc1C(=O)N(CC(N)=O)C1CCc2c(F)cc(Cl)cc21. The Hall–Kier alpha value is -2.40. The lowest BCUT2D eigenvalue weighted by Gasteiger charge is -2.29. The van der Waals surface area contributed by atoms with Crippen molar-refractivity contribution in [3.63, 3.8) is 0 Å². The summed E-state index contributed by atoms with van der Waals surface area (Å²) in [5.74, 6) is -1.29. The number of rotatable bonds is 4. The average Bonchev–Trinajstić information content (AvgIpc) is 2.96. The van der Waals surface area contributed by atoms with Crippen LogP contribution in [0.1, 0.15) is 39.5 Å². The van der Waals surface area contributed by atoms with Crippen LogP contribution in [-0.4, -0.2) is 23.3 Å². The molecular weight excluding hydrogens is 343 g/mol.